The second-order valence-corrected chi connectivity index (χ2v) is 7.86. The highest BCUT2D eigenvalue weighted by Crippen LogP contribution is 2.37. The molecule has 1 saturated carbocycles. The summed E-state index contributed by atoms with van der Waals surface area (Å²) in [6.07, 6.45) is -5.74. The van der Waals surface area contributed by atoms with Crippen LogP contribution in [0.15, 0.2) is 23.1 Å². The lowest BCUT2D eigenvalue weighted by Crippen LogP contribution is -2.30. The molecule has 1 fully saturated rings. The predicted octanol–water partition coefficient (Wildman–Crippen LogP) is 4.58. The van der Waals surface area contributed by atoms with Crippen LogP contribution in [0.25, 0.3) is 0 Å². The van der Waals surface area contributed by atoms with Crippen LogP contribution in [0.5, 0.6) is 0 Å². The fourth-order valence-electron chi connectivity index (χ4n) is 2.78. The van der Waals surface area contributed by atoms with Crippen LogP contribution in [-0.2, 0) is 22.4 Å². The number of alkyl halides is 6. The third-order valence-electron chi connectivity index (χ3n) is 4.16. The van der Waals surface area contributed by atoms with Crippen molar-refractivity contribution in [1.82, 2.24) is 4.72 Å². The van der Waals surface area contributed by atoms with Gasteiger partial charge >= 0.3 is 12.4 Å². The summed E-state index contributed by atoms with van der Waals surface area (Å²) in [6.45, 7) is -0.0000694. The maximum Gasteiger partial charge on any atom is 0.416 e. The molecular formula is C15H17F6NO2S. The zero-order chi connectivity index (χ0) is 18.9. The quantitative estimate of drug-likeness (QED) is 0.766. The maximum absolute atomic E-state index is 12.8. The van der Waals surface area contributed by atoms with Crippen LogP contribution in [-0.4, -0.2) is 15.0 Å². The van der Waals surface area contributed by atoms with Gasteiger partial charge in [0.15, 0.2) is 0 Å². The molecule has 0 aliphatic heterocycles. The van der Waals surface area contributed by atoms with E-state index in [2.05, 4.69) is 4.72 Å². The van der Waals surface area contributed by atoms with Crippen LogP contribution in [0.2, 0.25) is 0 Å². The molecule has 0 unspecified atom stereocenters. The molecule has 3 nitrogen and oxygen atoms in total. The minimum Gasteiger partial charge on any atom is -0.211 e. The van der Waals surface area contributed by atoms with E-state index in [9.17, 15) is 34.8 Å². The summed E-state index contributed by atoms with van der Waals surface area (Å²) in [4.78, 5) is -1.04. The molecule has 0 spiro atoms. The Morgan fingerprint density at radius 3 is 1.80 bits per heavy atom. The molecule has 1 aliphatic carbocycles. The molecule has 0 bridgehead atoms. The monoisotopic (exact) mass is 389 g/mol. The van der Waals surface area contributed by atoms with Crippen molar-refractivity contribution in [3.8, 4) is 0 Å². The lowest BCUT2D eigenvalue weighted by atomic mass is 9.90. The van der Waals surface area contributed by atoms with Gasteiger partial charge in [-0.05, 0) is 37.0 Å². The molecule has 1 aromatic carbocycles. The highest BCUT2D eigenvalue weighted by atomic mass is 32.2. The van der Waals surface area contributed by atoms with Gasteiger partial charge in [-0.1, -0.05) is 19.3 Å². The highest BCUT2D eigenvalue weighted by Gasteiger charge is 2.38. The molecule has 1 aliphatic rings. The molecule has 0 radical (unpaired) electrons. The number of benzene rings is 1. The first-order valence-corrected chi connectivity index (χ1v) is 9.17. The largest absolute Gasteiger partial charge is 0.416 e. The Kier molecular flexibility index (Phi) is 5.72. The Morgan fingerprint density at radius 1 is 0.880 bits per heavy atom. The lowest BCUT2D eigenvalue weighted by molar-refractivity contribution is -0.143. The van der Waals surface area contributed by atoms with Gasteiger partial charge < -0.3 is 0 Å². The first kappa shape index (κ1) is 20.0. The third-order valence-corrected chi connectivity index (χ3v) is 5.56. The number of hydrogen-bond acceptors (Lipinski definition) is 2. The van der Waals surface area contributed by atoms with E-state index in [0.29, 0.717) is 0 Å². The average Bonchev–Trinajstić information content (AvgIpc) is 2.52. The summed E-state index contributed by atoms with van der Waals surface area (Å²) in [5.74, 6) is 0.0383. The minimum absolute atomic E-state index is 0.0000694. The Hall–Kier alpha value is -1.29. The number of nitrogens with one attached hydrogen (secondary N) is 1. The van der Waals surface area contributed by atoms with E-state index < -0.39 is 38.4 Å². The number of halogens is 6. The van der Waals surface area contributed by atoms with Gasteiger partial charge in [0.25, 0.3) is 0 Å². The van der Waals surface area contributed by atoms with Crippen LogP contribution in [0.1, 0.15) is 43.2 Å². The van der Waals surface area contributed by atoms with Gasteiger partial charge in [-0.15, -0.1) is 0 Å². The van der Waals surface area contributed by atoms with Crippen LogP contribution in [0.4, 0.5) is 26.3 Å². The molecular weight excluding hydrogens is 372 g/mol. The van der Waals surface area contributed by atoms with Crippen molar-refractivity contribution in [2.24, 2.45) is 5.92 Å². The first-order valence-electron chi connectivity index (χ1n) is 7.69. The molecule has 25 heavy (non-hydrogen) atoms. The summed E-state index contributed by atoms with van der Waals surface area (Å²) >= 11 is 0. The Labute approximate surface area is 141 Å². The first-order chi connectivity index (χ1) is 11.4. The van der Waals surface area contributed by atoms with Crippen LogP contribution < -0.4 is 4.72 Å². The lowest BCUT2D eigenvalue weighted by Gasteiger charge is -2.22. The Balaban J connectivity index is 2.31. The van der Waals surface area contributed by atoms with Gasteiger partial charge in [-0.3, -0.25) is 0 Å². The second-order valence-electron chi connectivity index (χ2n) is 6.10. The standard InChI is InChI=1S/C15H17F6NO2S/c16-14(17,18)11-6-12(15(19,20)21)8-13(7-11)25(23,24)22-9-10-4-2-1-3-5-10/h6-8,10,22H,1-5,9H2. The van der Waals surface area contributed by atoms with Crippen molar-refractivity contribution in [2.75, 3.05) is 6.54 Å². The molecule has 0 atom stereocenters. The smallest absolute Gasteiger partial charge is 0.211 e. The molecule has 0 saturated heterocycles. The zero-order valence-corrected chi connectivity index (χ0v) is 13.9. The van der Waals surface area contributed by atoms with Crippen molar-refractivity contribution >= 4 is 10.0 Å². The van der Waals surface area contributed by atoms with Crippen molar-refractivity contribution in [3.05, 3.63) is 29.3 Å². The van der Waals surface area contributed by atoms with E-state index in [4.69, 9.17) is 0 Å². The van der Waals surface area contributed by atoms with Crippen molar-refractivity contribution in [1.29, 1.82) is 0 Å². The Bertz CT molecular complexity index is 673. The molecule has 2 rings (SSSR count). The highest BCUT2D eigenvalue weighted by molar-refractivity contribution is 7.89. The summed E-state index contributed by atoms with van der Waals surface area (Å²) in [5, 5.41) is 0. The van der Waals surface area contributed by atoms with Crippen molar-refractivity contribution in [2.45, 2.75) is 49.4 Å². The Morgan fingerprint density at radius 2 is 1.36 bits per heavy atom. The van der Waals surface area contributed by atoms with Crippen LogP contribution in [0, 0.1) is 5.92 Å². The van der Waals surface area contributed by atoms with E-state index in [1.165, 1.54) is 0 Å². The molecule has 142 valence electrons. The number of sulfonamides is 1. The normalized spacial score (nSPS) is 17.7. The molecule has 1 N–H and O–H groups in total. The van der Waals surface area contributed by atoms with Crippen molar-refractivity contribution in [3.63, 3.8) is 0 Å². The molecule has 0 amide bonds. The van der Waals surface area contributed by atoms with Gasteiger partial charge in [0.1, 0.15) is 0 Å². The molecule has 1 aromatic rings. The van der Waals surface area contributed by atoms with E-state index in [1.54, 1.807) is 0 Å². The summed E-state index contributed by atoms with van der Waals surface area (Å²) in [5.41, 5.74) is -3.30. The van der Waals surface area contributed by atoms with Crippen LogP contribution in [0.3, 0.4) is 0 Å². The predicted molar refractivity (Wildman–Crippen MR) is 78.2 cm³/mol. The van der Waals surface area contributed by atoms with Gasteiger partial charge in [0.2, 0.25) is 10.0 Å². The number of hydrogen-bond donors (Lipinski definition) is 1. The van der Waals surface area contributed by atoms with E-state index in [-0.39, 0.29) is 30.7 Å². The third kappa shape index (κ3) is 5.34. The van der Waals surface area contributed by atoms with E-state index in [0.717, 1.165) is 32.1 Å². The van der Waals surface area contributed by atoms with Gasteiger partial charge in [-0.25, -0.2) is 13.1 Å². The molecule has 0 heterocycles. The van der Waals surface area contributed by atoms with Gasteiger partial charge in [0, 0.05) is 6.54 Å². The number of rotatable bonds is 4. The molecule has 10 heteroatoms. The fraction of sp³-hybridized carbons (Fsp3) is 0.600. The van der Waals surface area contributed by atoms with Gasteiger partial charge in [0.05, 0.1) is 16.0 Å². The second kappa shape index (κ2) is 7.14. The van der Waals surface area contributed by atoms with E-state index in [1.807, 2.05) is 0 Å². The molecule has 0 aromatic heterocycles. The van der Waals surface area contributed by atoms with Crippen molar-refractivity contribution < 1.29 is 34.8 Å². The SMILES string of the molecule is O=S(=O)(NCC1CCCCC1)c1cc(C(F)(F)F)cc(C(F)(F)F)c1. The topological polar surface area (TPSA) is 46.2 Å². The van der Waals surface area contributed by atoms with Gasteiger partial charge in [-0.2, -0.15) is 26.3 Å². The summed E-state index contributed by atoms with van der Waals surface area (Å²) in [7, 11) is -4.48. The average molecular weight is 389 g/mol. The summed E-state index contributed by atoms with van der Waals surface area (Å²) < 4.78 is 103. The zero-order valence-electron chi connectivity index (χ0n) is 13.0. The summed E-state index contributed by atoms with van der Waals surface area (Å²) in [6, 6.07) is 0.344. The van der Waals surface area contributed by atoms with E-state index >= 15 is 0 Å². The minimum atomic E-state index is -5.09. The van der Waals surface area contributed by atoms with Crippen LogP contribution >= 0.6 is 0 Å². The fourth-order valence-corrected chi connectivity index (χ4v) is 3.97. The maximum atomic E-state index is 12.8.